The van der Waals surface area contributed by atoms with Gasteiger partial charge < -0.3 is 4.74 Å². The molecule has 0 aromatic rings. The van der Waals surface area contributed by atoms with E-state index >= 15 is 0 Å². The van der Waals surface area contributed by atoms with Gasteiger partial charge in [-0.05, 0) is 13.3 Å². The molecule has 0 saturated carbocycles. The van der Waals surface area contributed by atoms with Gasteiger partial charge >= 0.3 is 33.3 Å². The molecule has 0 aliphatic carbocycles. The molecule has 0 amide bonds. The summed E-state index contributed by atoms with van der Waals surface area (Å²) in [7, 11) is 0. The molecule has 0 atom stereocenters. The third kappa shape index (κ3) is 16.2. The predicted octanol–water partition coefficient (Wildman–Crippen LogP) is 4.50. The average molecular weight is 478 g/mol. The molecule has 0 aliphatic heterocycles. The summed E-state index contributed by atoms with van der Waals surface area (Å²) in [5, 5.41) is 0. The Kier molecular flexibility index (Phi) is 19.3. The van der Waals surface area contributed by atoms with Gasteiger partial charge in [-0.15, -0.1) is 0 Å². The van der Waals surface area contributed by atoms with Gasteiger partial charge in [0.1, 0.15) is 0 Å². The van der Waals surface area contributed by atoms with Gasteiger partial charge in [0.2, 0.25) is 0 Å². The Morgan fingerprint density at radius 1 is 0.850 bits per heavy atom. The van der Waals surface area contributed by atoms with Gasteiger partial charge in [-0.25, -0.2) is 4.79 Å². The van der Waals surface area contributed by atoms with Gasteiger partial charge in [0.15, 0.2) is 0 Å². The monoisotopic (exact) mass is 478 g/mol. The van der Waals surface area contributed by atoms with E-state index in [1.165, 1.54) is 64.2 Å². The van der Waals surface area contributed by atoms with E-state index in [1.807, 2.05) is 0 Å². The van der Waals surface area contributed by atoms with Crippen molar-refractivity contribution in [2.45, 2.75) is 84.5 Å². The van der Waals surface area contributed by atoms with Crippen LogP contribution in [0.1, 0.15) is 84.5 Å². The first-order valence-corrected chi connectivity index (χ1v) is 8.01. The molecule has 0 rings (SSSR count). The van der Waals surface area contributed by atoms with Crippen LogP contribution in [-0.4, -0.2) is 39.9 Å². The molecular formula is C17H34O2Pb. The molecule has 118 valence electrons. The molecule has 0 saturated heterocycles. The maximum atomic E-state index is 11.1. The fourth-order valence-corrected chi connectivity index (χ4v) is 2.05. The molecule has 0 aliphatic rings. The Balaban J connectivity index is 0. The molecule has 0 heterocycles. The van der Waals surface area contributed by atoms with E-state index in [0.717, 1.165) is 6.42 Å². The zero-order valence-corrected chi connectivity index (χ0v) is 19.2. The number of hydrogen-bond acceptors (Lipinski definition) is 2. The summed E-state index contributed by atoms with van der Waals surface area (Å²) in [5.41, 5.74) is 0.489. The van der Waals surface area contributed by atoms with E-state index in [1.54, 1.807) is 6.92 Å². The van der Waals surface area contributed by atoms with Crippen molar-refractivity contribution in [3.8, 4) is 0 Å². The number of ether oxygens (including phenoxy) is 1. The fraction of sp³-hybridized carbons (Fsp3) is 0.824. The number of hydrogen-bond donors (Lipinski definition) is 0. The molecule has 0 aromatic carbocycles. The minimum absolute atomic E-state index is 0. The molecule has 0 fully saturated rings. The molecule has 2 radical (unpaired) electrons. The summed E-state index contributed by atoms with van der Waals surface area (Å²) in [6.45, 7) is 8.04. The van der Waals surface area contributed by atoms with E-state index in [0.29, 0.717) is 12.2 Å². The second-order valence-corrected chi connectivity index (χ2v) is 5.45. The third-order valence-electron chi connectivity index (χ3n) is 3.33. The Morgan fingerprint density at radius 2 is 1.25 bits per heavy atom. The van der Waals surface area contributed by atoms with Gasteiger partial charge in [0.05, 0.1) is 6.61 Å². The molecule has 3 heteroatoms. The fourth-order valence-electron chi connectivity index (χ4n) is 2.05. The molecule has 0 N–H and O–H groups in total. The summed E-state index contributed by atoms with van der Waals surface area (Å²) < 4.78 is 5.05. The van der Waals surface area contributed by atoms with Crippen LogP contribution < -0.4 is 0 Å². The molecule has 0 bridgehead atoms. The topological polar surface area (TPSA) is 26.3 Å². The van der Waals surface area contributed by atoms with Crippen molar-refractivity contribution in [1.29, 1.82) is 0 Å². The van der Waals surface area contributed by atoms with Gasteiger partial charge in [-0.1, -0.05) is 77.7 Å². The first-order chi connectivity index (χ1) is 9.18. The van der Waals surface area contributed by atoms with Crippen molar-refractivity contribution in [2.24, 2.45) is 0 Å². The van der Waals surface area contributed by atoms with Crippen LogP contribution in [0.5, 0.6) is 0 Å². The Morgan fingerprint density at radius 3 is 1.65 bits per heavy atom. The van der Waals surface area contributed by atoms with Crippen molar-refractivity contribution in [1.82, 2.24) is 0 Å². The molecule has 2 nitrogen and oxygen atoms in total. The van der Waals surface area contributed by atoms with Gasteiger partial charge in [0, 0.05) is 5.57 Å². The van der Waals surface area contributed by atoms with Crippen LogP contribution in [0.25, 0.3) is 0 Å². The van der Waals surface area contributed by atoms with Crippen molar-refractivity contribution in [3.63, 3.8) is 0 Å². The van der Waals surface area contributed by atoms with E-state index in [-0.39, 0.29) is 33.3 Å². The Bertz CT molecular complexity index is 239. The van der Waals surface area contributed by atoms with Crippen molar-refractivity contribution >= 4 is 33.3 Å². The van der Waals surface area contributed by atoms with Gasteiger partial charge in [-0.3, -0.25) is 0 Å². The van der Waals surface area contributed by atoms with Crippen LogP contribution in [-0.2, 0) is 9.53 Å². The first-order valence-electron chi connectivity index (χ1n) is 8.01. The Labute approximate surface area is 145 Å². The van der Waals surface area contributed by atoms with Gasteiger partial charge in [0.25, 0.3) is 0 Å². The number of carbonyl (C=O) groups excluding carboxylic acids is 1. The van der Waals surface area contributed by atoms with E-state index in [4.69, 9.17) is 4.74 Å². The van der Waals surface area contributed by atoms with Crippen LogP contribution in [0.15, 0.2) is 12.2 Å². The van der Waals surface area contributed by atoms with Crippen molar-refractivity contribution in [2.75, 3.05) is 6.61 Å². The molecule has 20 heavy (non-hydrogen) atoms. The molecular weight excluding hydrogens is 443 g/mol. The predicted molar refractivity (Wildman–Crippen MR) is 90.8 cm³/mol. The Hall–Kier alpha value is 0.132. The minimum atomic E-state index is -0.257. The maximum absolute atomic E-state index is 11.1. The second kappa shape index (κ2) is 17.2. The van der Waals surface area contributed by atoms with Crippen molar-refractivity contribution in [3.05, 3.63) is 12.2 Å². The molecule has 0 spiro atoms. The van der Waals surface area contributed by atoms with Crippen LogP contribution >= 0.6 is 0 Å². The zero-order valence-electron chi connectivity index (χ0n) is 13.7. The average Bonchev–Trinajstić information content (AvgIpc) is 2.39. The van der Waals surface area contributed by atoms with Crippen LogP contribution in [0, 0.1) is 0 Å². The standard InChI is InChI=1S/C17H32O2.Pb.2H/c1-4-5-6-7-8-9-10-11-12-13-14-15-19-17(18)16(2)3;;;/h2,4-15H2,1,3H3;;;. The summed E-state index contributed by atoms with van der Waals surface area (Å²) in [5.74, 6) is -0.257. The summed E-state index contributed by atoms with van der Waals surface area (Å²) in [6, 6.07) is 0. The van der Waals surface area contributed by atoms with Gasteiger partial charge in [-0.2, -0.15) is 0 Å². The van der Waals surface area contributed by atoms with Crippen LogP contribution in [0.3, 0.4) is 0 Å². The van der Waals surface area contributed by atoms with E-state index in [9.17, 15) is 4.79 Å². The van der Waals surface area contributed by atoms with Crippen LogP contribution in [0.4, 0.5) is 0 Å². The van der Waals surface area contributed by atoms with Crippen LogP contribution in [0.2, 0.25) is 0 Å². The number of esters is 1. The number of unbranched alkanes of at least 4 members (excludes halogenated alkanes) is 10. The number of carbonyl (C=O) groups is 1. The summed E-state index contributed by atoms with van der Waals surface area (Å²) in [4.78, 5) is 11.1. The summed E-state index contributed by atoms with van der Waals surface area (Å²) >= 11 is 0. The molecule has 0 aromatic heterocycles. The zero-order chi connectivity index (χ0) is 14.3. The second-order valence-electron chi connectivity index (χ2n) is 5.45. The summed E-state index contributed by atoms with van der Waals surface area (Å²) in [6.07, 6.45) is 14.4. The third-order valence-corrected chi connectivity index (χ3v) is 3.33. The SMILES string of the molecule is C=C(C)C(=O)OCCCCCCCCCCCCC.[PbH2]. The van der Waals surface area contributed by atoms with E-state index in [2.05, 4.69) is 13.5 Å². The molecule has 0 unspecified atom stereocenters. The quantitative estimate of drug-likeness (QED) is 0.169. The van der Waals surface area contributed by atoms with E-state index < -0.39 is 0 Å². The number of rotatable bonds is 13. The first kappa shape index (κ1) is 22.4. The van der Waals surface area contributed by atoms with Crippen molar-refractivity contribution < 1.29 is 9.53 Å². The normalized spacial score (nSPS) is 9.90.